The number of hydrogen-bond acceptors (Lipinski definition) is 4. The Bertz CT molecular complexity index is 262. The second kappa shape index (κ2) is 4.79. The van der Waals surface area contributed by atoms with Gasteiger partial charge < -0.3 is 10.5 Å². The fourth-order valence-corrected chi connectivity index (χ4v) is 0.640. The molecule has 80 valence electrons. The molecule has 0 aromatic carbocycles. The van der Waals surface area contributed by atoms with Crippen molar-refractivity contribution in [1.29, 1.82) is 5.41 Å². The minimum Gasteiger partial charge on any atom is -0.461 e. The molecule has 0 aliphatic carbocycles. The summed E-state index contributed by atoms with van der Waals surface area (Å²) < 4.78 is 4.65. The molecule has 0 aliphatic rings. The molecule has 0 radical (unpaired) electrons. The second-order valence-corrected chi connectivity index (χ2v) is 3.98. The van der Waals surface area contributed by atoms with Crippen LogP contribution < -0.4 is 5.73 Å². The Morgan fingerprint density at radius 2 is 2.00 bits per heavy atom. The highest BCUT2D eigenvalue weighted by Crippen LogP contribution is 2.20. The van der Waals surface area contributed by atoms with E-state index in [1.165, 1.54) is 6.08 Å². The van der Waals surface area contributed by atoms with Gasteiger partial charge in [0.1, 0.15) is 5.71 Å². The van der Waals surface area contributed by atoms with Gasteiger partial charge in [0.2, 0.25) is 0 Å². The Morgan fingerprint density at radius 3 is 2.36 bits per heavy atom. The molecule has 0 aliphatic heterocycles. The number of nitrogens with one attached hydrogen (secondary N) is 1. The van der Waals surface area contributed by atoms with Crippen molar-refractivity contribution in [3.8, 4) is 0 Å². The standard InChI is InChI=1S/C10H18N2O2/c1-5-14-9(13)7(11)6-8(12)10(2,3)4/h6,11H,5,12H2,1-4H3/b8-6-,11-7?. The highest BCUT2D eigenvalue weighted by atomic mass is 16.5. The van der Waals surface area contributed by atoms with Gasteiger partial charge in [-0.3, -0.25) is 5.41 Å². The van der Waals surface area contributed by atoms with Crippen molar-refractivity contribution in [3.05, 3.63) is 11.8 Å². The number of ether oxygens (including phenoxy) is 1. The molecule has 0 atom stereocenters. The van der Waals surface area contributed by atoms with Crippen LogP contribution in [-0.2, 0) is 9.53 Å². The van der Waals surface area contributed by atoms with Crippen LogP contribution in [0.2, 0.25) is 0 Å². The van der Waals surface area contributed by atoms with E-state index in [1.54, 1.807) is 6.92 Å². The van der Waals surface area contributed by atoms with Crippen LogP contribution in [0, 0.1) is 10.8 Å². The molecule has 4 heteroatoms. The predicted molar refractivity (Wildman–Crippen MR) is 56.1 cm³/mol. The van der Waals surface area contributed by atoms with E-state index in [4.69, 9.17) is 11.1 Å². The molecule has 0 spiro atoms. The van der Waals surface area contributed by atoms with Crippen LogP contribution in [0.4, 0.5) is 0 Å². The minimum atomic E-state index is -0.639. The Morgan fingerprint density at radius 1 is 1.50 bits per heavy atom. The third-order valence-electron chi connectivity index (χ3n) is 1.66. The summed E-state index contributed by atoms with van der Waals surface area (Å²) in [6.45, 7) is 7.71. The first-order valence-corrected chi connectivity index (χ1v) is 4.52. The highest BCUT2D eigenvalue weighted by molar-refractivity contribution is 6.39. The Hall–Kier alpha value is -1.32. The van der Waals surface area contributed by atoms with Crippen molar-refractivity contribution in [2.75, 3.05) is 6.61 Å². The predicted octanol–water partition coefficient (Wildman–Crippen LogP) is 1.46. The first-order chi connectivity index (χ1) is 6.29. The van der Waals surface area contributed by atoms with Crippen molar-refractivity contribution < 1.29 is 9.53 Å². The number of rotatable bonds is 3. The first-order valence-electron chi connectivity index (χ1n) is 4.52. The maximum atomic E-state index is 11.1. The summed E-state index contributed by atoms with van der Waals surface area (Å²) in [6, 6.07) is 0. The van der Waals surface area contributed by atoms with Crippen molar-refractivity contribution in [2.24, 2.45) is 11.1 Å². The molecule has 0 bridgehead atoms. The zero-order valence-electron chi connectivity index (χ0n) is 9.18. The van der Waals surface area contributed by atoms with Gasteiger partial charge in [-0.25, -0.2) is 4.79 Å². The van der Waals surface area contributed by atoms with Crippen LogP contribution in [0.5, 0.6) is 0 Å². The summed E-state index contributed by atoms with van der Waals surface area (Å²) in [5.74, 6) is -0.639. The average Bonchev–Trinajstić information content (AvgIpc) is 2.02. The molecule has 0 fully saturated rings. The van der Waals surface area contributed by atoms with E-state index < -0.39 is 5.97 Å². The third-order valence-corrected chi connectivity index (χ3v) is 1.66. The van der Waals surface area contributed by atoms with Crippen LogP contribution >= 0.6 is 0 Å². The van der Waals surface area contributed by atoms with Crippen LogP contribution in [0.15, 0.2) is 11.8 Å². The van der Waals surface area contributed by atoms with Crippen molar-refractivity contribution in [2.45, 2.75) is 27.7 Å². The van der Waals surface area contributed by atoms with Gasteiger partial charge >= 0.3 is 5.97 Å². The molecular formula is C10H18N2O2. The lowest BCUT2D eigenvalue weighted by Gasteiger charge is -2.18. The molecule has 3 N–H and O–H groups in total. The molecular weight excluding hydrogens is 180 g/mol. The lowest BCUT2D eigenvalue weighted by atomic mass is 9.91. The van der Waals surface area contributed by atoms with Crippen molar-refractivity contribution in [3.63, 3.8) is 0 Å². The summed E-state index contributed by atoms with van der Waals surface area (Å²) in [5.41, 5.74) is 5.75. The molecule has 14 heavy (non-hydrogen) atoms. The molecule has 4 nitrogen and oxygen atoms in total. The van der Waals surface area contributed by atoms with Crippen LogP contribution in [-0.4, -0.2) is 18.3 Å². The molecule has 0 rings (SSSR count). The van der Waals surface area contributed by atoms with Crippen LogP contribution in [0.25, 0.3) is 0 Å². The van der Waals surface area contributed by atoms with E-state index in [0.717, 1.165) is 0 Å². The topological polar surface area (TPSA) is 76.2 Å². The molecule has 0 amide bonds. The van der Waals surface area contributed by atoms with Gasteiger partial charge in [-0.1, -0.05) is 20.8 Å². The fraction of sp³-hybridized carbons (Fsp3) is 0.600. The van der Waals surface area contributed by atoms with E-state index in [-0.39, 0.29) is 17.7 Å². The van der Waals surface area contributed by atoms with E-state index >= 15 is 0 Å². The van der Waals surface area contributed by atoms with Gasteiger partial charge in [-0.15, -0.1) is 0 Å². The average molecular weight is 198 g/mol. The normalized spacial score (nSPS) is 12.4. The van der Waals surface area contributed by atoms with Crippen LogP contribution in [0.3, 0.4) is 0 Å². The molecule has 0 saturated carbocycles. The lowest BCUT2D eigenvalue weighted by molar-refractivity contribution is -0.135. The van der Waals surface area contributed by atoms with Gasteiger partial charge in [-0.2, -0.15) is 0 Å². The second-order valence-electron chi connectivity index (χ2n) is 3.98. The van der Waals surface area contributed by atoms with Gasteiger partial charge in [0.15, 0.2) is 0 Å². The maximum absolute atomic E-state index is 11.1. The van der Waals surface area contributed by atoms with Gasteiger partial charge in [0, 0.05) is 11.1 Å². The molecule has 0 unspecified atom stereocenters. The monoisotopic (exact) mass is 198 g/mol. The molecule has 0 saturated heterocycles. The SMILES string of the molecule is CCOC(=O)C(=N)/C=C(\N)C(C)(C)C. The lowest BCUT2D eigenvalue weighted by Crippen LogP contribution is -2.21. The number of carbonyl (C=O) groups excluding carboxylic acids is 1. The summed E-state index contributed by atoms with van der Waals surface area (Å²) in [5, 5.41) is 7.38. The Labute approximate surface area is 84.6 Å². The molecule has 0 aromatic heterocycles. The number of nitrogens with two attached hydrogens (primary N) is 1. The quantitative estimate of drug-likeness (QED) is 0.532. The van der Waals surface area contributed by atoms with E-state index in [1.807, 2.05) is 20.8 Å². The Balaban J connectivity index is 4.52. The number of allylic oxidation sites excluding steroid dienone is 1. The molecule has 0 aromatic rings. The van der Waals surface area contributed by atoms with E-state index in [2.05, 4.69) is 4.74 Å². The number of esters is 1. The summed E-state index contributed by atoms with van der Waals surface area (Å²) in [7, 11) is 0. The van der Waals surface area contributed by atoms with Gasteiger partial charge in [0.05, 0.1) is 6.61 Å². The summed E-state index contributed by atoms with van der Waals surface area (Å²) in [4.78, 5) is 11.1. The van der Waals surface area contributed by atoms with Crippen molar-refractivity contribution in [1.82, 2.24) is 0 Å². The minimum absolute atomic E-state index is 0.209. The fourth-order valence-electron chi connectivity index (χ4n) is 0.640. The zero-order valence-corrected chi connectivity index (χ0v) is 9.18. The third kappa shape index (κ3) is 4.07. The zero-order chi connectivity index (χ0) is 11.4. The summed E-state index contributed by atoms with van der Waals surface area (Å²) in [6.07, 6.45) is 1.35. The Kier molecular flexibility index (Phi) is 4.34. The van der Waals surface area contributed by atoms with Gasteiger partial charge in [-0.05, 0) is 13.0 Å². The first kappa shape index (κ1) is 12.7. The maximum Gasteiger partial charge on any atom is 0.356 e. The van der Waals surface area contributed by atoms with E-state index in [0.29, 0.717) is 5.70 Å². The smallest absolute Gasteiger partial charge is 0.356 e. The summed E-state index contributed by atoms with van der Waals surface area (Å²) >= 11 is 0. The van der Waals surface area contributed by atoms with Crippen molar-refractivity contribution >= 4 is 11.7 Å². The van der Waals surface area contributed by atoms with E-state index in [9.17, 15) is 4.79 Å². The van der Waals surface area contributed by atoms with Crippen LogP contribution in [0.1, 0.15) is 27.7 Å². The highest BCUT2D eigenvalue weighted by Gasteiger charge is 2.16. The molecule has 0 heterocycles. The largest absolute Gasteiger partial charge is 0.461 e. The van der Waals surface area contributed by atoms with Gasteiger partial charge in [0.25, 0.3) is 0 Å². The number of hydrogen-bond donors (Lipinski definition) is 2. The number of carbonyl (C=O) groups is 1.